The molecule has 0 spiro atoms. The summed E-state index contributed by atoms with van der Waals surface area (Å²) < 4.78 is 57.4. The first kappa shape index (κ1) is 15.3. The van der Waals surface area contributed by atoms with Crippen molar-refractivity contribution in [3.05, 3.63) is 59.4 Å². The third-order valence-electron chi connectivity index (χ3n) is 2.89. The lowest BCUT2D eigenvalue weighted by Gasteiger charge is -2.14. The third kappa shape index (κ3) is 3.52. The molecule has 0 radical (unpaired) electrons. The van der Waals surface area contributed by atoms with Gasteiger partial charge in [-0.1, -0.05) is 18.2 Å². The van der Waals surface area contributed by atoms with Gasteiger partial charge in [-0.15, -0.1) is 0 Å². The zero-order valence-corrected chi connectivity index (χ0v) is 11.1. The van der Waals surface area contributed by atoms with Crippen LogP contribution in [0.15, 0.2) is 42.5 Å². The van der Waals surface area contributed by atoms with Crippen molar-refractivity contribution in [2.75, 3.05) is 0 Å². The van der Waals surface area contributed by atoms with Gasteiger partial charge in [0.15, 0.2) is 11.6 Å². The van der Waals surface area contributed by atoms with Crippen LogP contribution in [0.1, 0.15) is 24.1 Å². The Bertz CT molecular complexity index is 638. The van der Waals surface area contributed by atoms with E-state index in [-0.39, 0.29) is 11.8 Å². The van der Waals surface area contributed by atoms with E-state index in [1.54, 1.807) is 6.92 Å². The Morgan fingerprint density at radius 3 is 2.29 bits per heavy atom. The van der Waals surface area contributed by atoms with Gasteiger partial charge in [-0.25, -0.2) is 4.39 Å². The quantitative estimate of drug-likeness (QED) is 0.837. The summed E-state index contributed by atoms with van der Waals surface area (Å²) in [5.74, 6) is -1.49. The summed E-state index contributed by atoms with van der Waals surface area (Å²) in [6, 6.07) is 8.20. The predicted octanol–water partition coefficient (Wildman–Crippen LogP) is 4.66. The van der Waals surface area contributed by atoms with Crippen molar-refractivity contribution >= 4 is 0 Å². The number of para-hydroxylation sites is 1. The van der Waals surface area contributed by atoms with Crippen LogP contribution >= 0.6 is 0 Å². The number of rotatable bonds is 3. The molecule has 0 heterocycles. The number of halogens is 4. The first-order valence-corrected chi connectivity index (χ1v) is 6.18. The van der Waals surface area contributed by atoms with Crippen molar-refractivity contribution in [3.8, 4) is 11.5 Å². The molecule has 2 nitrogen and oxygen atoms in total. The van der Waals surface area contributed by atoms with Gasteiger partial charge in [0, 0.05) is 6.04 Å². The fraction of sp³-hybridized carbons (Fsp3) is 0.200. The maximum atomic E-state index is 13.9. The van der Waals surface area contributed by atoms with Crippen LogP contribution in [0.3, 0.4) is 0 Å². The molecule has 112 valence electrons. The van der Waals surface area contributed by atoms with Gasteiger partial charge in [0.2, 0.25) is 0 Å². The molecule has 2 aromatic rings. The molecule has 0 bridgehead atoms. The lowest BCUT2D eigenvalue weighted by Crippen LogP contribution is -2.08. The highest BCUT2D eigenvalue weighted by molar-refractivity contribution is 5.40. The maximum Gasteiger partial charge on any atom is 0.419 e. The van der Waals surface area contributed by atoms with Crippen LogP contribution in [0.5, 0.6) is 11.5 Å². The molecule has 2 rings (SSSR count). The number of hydrogen-bond acceptors (Lipinski definition) is 2. The molecule has 0 fully saturated rings. The summed E-state index contributed by atoms with van der Waals surface area (Å²) >= 11 is 0. The zero-order valence-electron chi connectivity index (χ0n) is 11.1. The van der Waals surface area contributed by atoms with E-state index in [1.165, 1.54) is 24.3 Å². The van der Waals surface area contributed by atoms with E-state index in [9.17, 15) is 17.6 Å². The Balaban J connectivity index is 2.35. The largest absolute Gasteiger partial charge is 0.454 e. The van der Waals surface area contributed by atoms with Crippen LogP contribution in [0, 0.1) is 5.82 Å². The number of alkyl halides is 3. The summed E-state index contributed by atoms with van der Waals surface area (Å²) in [6.07, 6.45) is -4.57. The summed E-state index contributed by atoms with van der Waals surface area (Å²) in [6.45, 7) is 1.67. The van der Waals surface area contributed by atoms with E-state index in [4.69, 9.17) is 10.5 Å². The highest BCUT2D eigenvalue weighted by atomic mass is 19.4. The van der Waals surface area contributed by atoms with E-state index in [1.807, 2.05) is 0 Å². The minimum absolute atomic E-state index is 0.281. The number of hydrogen-bond donors (Lipinski definition) is 1. The Hall–Kier alpha value is -2.08. The van der Waals surface area contributed by atoms with Gasteiger partial charge in [0.05, 0.1) is 5.56 Å². The highest BCUT2D eigenvalue weighted by Crippen LogP contribution is 2.38. The van der Waals surface area contributed by atoms with Crippen LogP contribution < -0.4 is 10.5 Å². The second-order valence-corrected chi connectivity index (χ2v) is 4.57. The molecule has 0 saturated heterocycles. The topological polar surface area (TPSA) is 35.2 Å². The summed E-state index contributed by atoms with van der Waals surface area (Å²) in [7, 11) is 0. The summed E-state index contributed by atoms with van der Waals surface area (Å²) in [5.41, 5.74) is 5.18. The van der Waals surface area contributed by atoms with E-state index in [0.717, 1.165) is 18.2 Å². The predicted molar refractivity (Wildman–Crippen MR) is 70.5 cm³/mol. The SMILES string of the molecule is C[C@H](N)c1ccc(Oc2ccccc2C(F)(F)F)c(F)c1. The van der Waals surface area contributed by atoms with E-state index < -0.39 is 23.3 Å². The van der Waals surface area contributed by atoms with Crippen LogP contribution in [0.2, 0.25) is 0 Å². The van der Waals surface area contributed by atoms with E-state index in [2.05, 4.69) is 0 Å². The van der Waals surface area contributed by atoms with Crippen molar-refractivity contribution in [3.63, 3.8) is 0 Å². The normalized spacial score (nSPS) is 13.0. The average molecular weight is 299 g/mol. The number of nitrogens with two attached hydrogens (primary N) is 1. The van der Waals surface area contributed by atoms with Gasteiger partial charge in [-0.2, -0.15) is 13.2 Å². The number of benzene rings is 2. The lowest BCUT2D eigenvalue weighted by atomic mass is 10.1. The molecule has 0 amide bonds. The van der Waals surface area contributed by atoms with Gasteiger partial charge in [-0.05, 0) is 36.8 Å². The minimum atomic E-state index is -4.57. The first-order chi connectivity index (χ1) is 9.79. The molecule has 1 atom stereocenters. The average Bonchev–Trinajstić information content (AvgIpc) is 2.40. The Morgan fingerprint density at radius 1 is 1.05 bits per heavy atom. The summed E-state index contributed by atoms with van der Waals surface area (Å²) in [5, 5.41) is 0. The summed E-state index contributed by atoms with van der Waals surface area (Å²) in [4.78, 5) is 0. The maximum absolute atomic E-state index is 13.9. The number of ether oxygens (including phenoxy) is 1. The Kier molecular flexibility index (Phi) is 4.18. The third-order valence-corrected chi connectivity index (χ3v) is 2.89. The van der Waals surface area contributed by atoms with Gasteiger partial charge in [-0.3, -0.25) is 0 Å². The molecule has 0 aliphatic rings. The van der Waals surface area contributed by atoms with Gasteiger partial charge < -0.3 is 10.5 Å². The fourth-order valence-electron chi connectivity index (χ4n) is 1.79. The molecule has 0 unspecified atom stereocenters. The molecular formula is C15H13F4NO. The Morgan fingerprint density at radius 2 is 1.71 bits per heavy atom. The highest BCUT2D eigenvalue weighted by Gasteiger charge is 2.34. The van der Waals surface area contributed by atoms with Crippen molar-refractivity contribution in [2.24, 2.45) is 5.73 Å². The van der Waals surface area contributed by atoms with Gasteiger partial charge in [0.1, 0.15) is 5.75 Å². The Labute approximate surface area is 119 Å². The van der Waals surface area contributed by atoms with Crippen molar-refractivity contribution in [1.29, 1.82) is 0 Å². The van der Waals surface area contributed by atoms with Crippen LogP contribution in [-0.4, -0.2) is 0 Å². The second kappa shape index (κ2) is 5.73. The van der Waals surface area contributed by atoms with E-state index >= 15 is 0 Å². The molecule has 0 aliphatic heterocycles. The molecule has 2 N–H and O–H groups in total. The van der Waals surface area contributed by atoms with Gasteiger partial charge >= 0.3 is 6.18 Å². The molecule has 21 heavy (non-hydrogen) atoms. The zero-order chi connectivity index (χ0) is 15.6. The lowest BCUT2D eigenvalue weighted by molar-refractivity contribution is -0.138. The van der Waals surface area contributed by atoms with Crippen LogP contribution in [-0.2, 0) is 6.18 Å². The van der Waals surface area contributed by atoms with E-state index in [0.29, 0.717) is 5.56 Å². The molecule has 2 aromatic carbocycles. The minimum Gasteiger partial charge on any atom is -0.454 e. The van der Waals surface area contributed by atoms with Crippen LogP contribution in [0.4, 0.5) is 17.6 Å². The second-order valence-electron chi connectivity index (χ2n) is 4.57. The standard InChI is InChI=1S/C15H13F4NO/c1-9(20)10-6-7-14(12(16)8-10)21-13-5-3-2-4-11(13)15(17,18)19/h2-9H,20H2,1H3/t9-/m0/s1. The monoisotopic (exact) mass is 299 g/mol. The first-order valence-electron chi connectivity index (χ1n) is 6.18. The van der Waals surface area contributed by atoms with Crippen molar-refractivity contribution in [1.82, 2.24) is 0 Å². The molecule has 0 aromatic heterocycles. The van der Waals surface area contributed by atoms with Gasteiger partial charge in [0.25, 0.3) is 0 Å². The van der Waals surface area contributed by atoms with Crippen molar-refractivity contribution < 1.29 is 22.3 Å². The smallest absolute Gasteiger partial charge is 0.419 e. The van der Waals surface area contributed by atoms with Crippen LogP contribution in [0.25, 0.3) is 0 Å². The molecule has 0 aliphatic carbocycles. The molecule has 0 saturated carbocycles. The molecular weight excluding hydrogens is 286 g/mol. The van der Waals surface area contributed by atoms with Crippen molar-refractivity contribution in [2.45, 2.75) is 19.1 Å². The molecule has 6 heteroatoms. The fourth-order valence-corrected chi connectivity index (χ4v) is 1.79.